The van der Waals surface area contributed by atoms with Gasteiger partial charge in [0, 0.05) is 4.88 Å². The molecule has 2 aromatic heterocycles. The van der Waals surface area contributed by atoms with Gasteiger partial charge in [0.25, 0.3) is 0 Å². The minimum absolute atomic E-state index is 0.124. The molecule has 0 bridgehead atoms. The lowest BCUT2D eigenvalue weighted by atomic mass is 10.1. The Hall–Kier alpha value is -1.36. The normalized spacial score (nSPS) is 11.4. The van der Waals surface area contributed by atoms with Crippen LogP contribution in [0.3, 0.4) is 0 Å². The summed E-state index contributed by atoms with van der Waals surface area (Å²) < 4.78 is 10.9. The summed E-state index contributed by atoms with van der Waals surface area (Å²) in [4.78, 5) is 18.7. The van der Waals surface area contributed by atoms with Crippen molar-refractivity contribution < 1.29 is 9.15 Å². The summed E-state index contributed by atoms with van der Waals surface area (Å²) in [6.07, 6.45) is 21.7. The van der Waals surface area contributed by atoms with Crippen molar-refractivity contribution in [3.8, 4) is 6.08 Å². The minimum atomic E-state index is -0.325. The van der Waals surface area contributed by atoms with Gasteiger partial charge in [0.1, 0.15) is 4.83 Å². The van der Waals surface area contributed by atoms with E-state index in [1.807, 2.05) is 6.07 Å². The Bertz CT molecular complexity index is 768. The molecule has 2 heterocycles. The van der Waals surface area contributed by atoms with Crippen LogP contribution in [0.15, 0.2) is 15.3 Å². The van der Waals surface area contributed by atoms with Crippen molar-refractivity contribution in [1.82, 2.24) is 4.98 Å². The summed E-state index contributed by atoms with van der Waals surface area (Å²) in [5.74, 6) is 0. The second kappa shape index (κ2) is 16.3. The van der Waals surface area contributed by atoms with Gasteiger partial charge < -0.3 is 9.15 Å². The van der Waals surface area contributed by atoms with E-state index in [1.54, 1.807) is 11.3 Å². The number of hydrogen-bond donors (Lipinski definition) is 0. The van der Waals surface area contributed by atoms with Gasteiger partial charge in [-0.05, 0) is 25.3 Å². The Morgan fingerprint density at radius 1 is 0.806 bits per heavy atom. The maximum absolute atomic E-state index is 12.3. The molecule has 0 aromatic carbocycles. The van der Waals surface area contributed by atoms with Crippen molar-refractivity contribution in [2.24, 2.45) is 0 Å². The summed E-state index contributed by atoms with van der Waals surface area (Å²) in [6.45, 7) is 5.05. The van der Waals surface area contributed by atoms with E-state index < -0.39 is 0 Å². The molecular formula is C26H43NO3S. The summed E-state index contributed by atoms with van der Waals surface area (Å²) >= 11 is 1.61. The van der Waals surface area contributed by atoms with E-state index in [-0.39, 0.29) is 11.7 Å². The number of thiophene rings is 1. The van der Waals surface area contributed by atoms with Crippen LogP contribution >= 0.6 is 11.3 Å². The molecule has 176 valence electrons. The molecule has 0 amide bonds. The average Bonchev–Trinajstić information content (AvgIpc) is 3.18. The number of ether oxygens (including phenoxy) is 1. The lowest BCUT2D eigenvalue weighted by Gasteiger charge is -2.03. The highest BCUT2D eigenvalue weighted by atomic mass is 32.1. The van der Waals surface area contributed by atoms with Crippen LogP contribution in [0.25, 0.3) is 10.2 Å². The molecule has 0 unspecified atom stereocenters. The molecule has 0 saturated carbocycles. The number of aromatic nitrogens is 1. The smallest absolute Gasteiger partial charge is 0.397 e. The second-order valence-corrected chi connectivity index (χ2v) is 9.86. The molecule has 0 radical (unpaired) electrons. The molecule has 0 aliphatic carbocycles. The van der Waals surface area contributed by atoms with Gasteiger partial charge in [-0.3, -0.25) is 0 Å². The van der Waals surface area contributed by atoms with Crippen LogP contribution in [0.5, 0.6) is 6.08 Å². The standard InChI is InChI=1S/C26H43NO3S/c1-3-5-7-9-11-12-13-14-15-17-19-22-21-23-24(31-22)27-26(30-25(23)28)29-20-18-16-10-8-6-4-2/h21H,3-20H2,1-2H3. The quantitative estimate of drug-likeness (QED) is 0.202. The third-order valence-electron chi connectivity index (χ3n) is 5.86. The molecule has 5 heteroatoms. The molecule has 0 fully saturated rings. The fourth-order valence-electron chi connectivity index (χ4n) is 3.91. The summed E-state index contributed by atoms with van der Waals surface area (Å²) in [5, 5.41) is 0.596. The Morgan fingerprint density at radius 2 is 1.35 bits per heavy atom. The minimum Gasteiger partial charge on any atom is -0.450 e. The highest BCUT2D eigenvalue weighted by Gasteiger charge is 2.11. The zero-order chi connectivity index (χ0) is 22.2. The van der Waals surface area contributed by atoms with Crippen LogP contribution in [0.1, 0.15) is 121 Å². The van der Waals surface area contributed by atoms with Gasteiger partial charge in [0.15, 0.2) is 0 Å². The second-order valence-electron chi connectivity index (χ2n) is 8.75. The first kappa shape index (κ1) is 25.9. The number of fused-ring (bicyclic) bond motifs is 1. The van der Waals surface area contributed by atoms with Crippen LogP contribution in [-0.4, -0.2) is 11.6 Å². The number of hydrogen-bond acceptors (Lipinski definition) is 5. The largest absolute Gasteiger partial charge is 0.450 e. The zero-order valence-electron chi connectivity index (χ0n) is 19.9. The fourth-order valence-corrected chi connectivity index (χ4v) is 4.96. The van der Waals surface area contributed by atoms with E-state index in [1.165, 1.54) is 94.8 Å². The van der Waals surface area contributed by atoms with Crippen LogP contribution < -0.4 is 10.4 Å². The Kier molecular flexibility index (Phi) is 13.6. The van der Waals surface area contributed by atoms with E-state index in [0.717, 1.165) is 24.1 Å². The topological polar surface area (TPSA) is 52.3 Å². The summed E-state index contributed by atoms with van der Waals surface area (Å²) in [7, 11) is 0. The van der Waals surface area contributed by atoms with Crippen molar-refractivity contribution >= 4 is 21.6 Å². The zero-order valence-corrected chi connectivity index (χ0v) is 20.7. The van der Waals surface area contributed by atoms with Gasteiger partial charge in [0.05, 0.1) is 12.0 Å². The molecule has 0 spiro atoms. The van der Waals surface area contributed by atoms with Crippen molar-refractivity contribution in [3.63, 3.8) is 0 Å². The van der Waals surface area contributed by atoms with E-state index in [4.69, 9.17) is 9.15 Å². The maximum Gasteiger partial charge on any atom is 0.397 e. The lowest BCUT2D eigenvalue weighted by Crippen LogP contribution is -2.05. The first-order valence-electron chi connectivity index (χ1n) is 12.8. The number of nitrogens with zero attached hydrogens (tertiary/aromatic N) is 1. The molecular weight excluding hydrogens is 406 g/mol. The van der Waals surface area contributed by atoms with E-state index >= 15 is 0 Å². The van der Waals surface area contributed by atoms with Crippen LogP contribution in [-0.2, 0) is 6.42 Å². The number of unbranched alkanes of at least 4 members (excludes halogenated alkanes) is 14. The van der Waals surface area contributed by atoms with Crippen molar-refractivity contribution in [2.75, 3.05) is 6.61 Å². The summed E-state index contributed by atoms with van der Waals surface area (Å²) in [6, 6.07) is 1.96. The van der Waals surface area contributed by atoms with Crippen LogP contribution in [0, 0.1) is 0 Å². The van der Waals surface area contributed by atoms with Crippen molar-refractivity contribution in [2.45, 2.75) is 123 Å². The lowest BCUT2D eigenvalue weighted by molar-refractivity contribution is 0.211. The first-order valence-corrected chi connectivity index (χ1v) is 13.6. The Labute approximate surface area is 192 Å². The monoisotopic (exact) mass is 449 g/mol. The Balaban J connectivity index is 1.65. The first-order chi connectivity index (χ1) is 15.2. The van der Waals surface area contributed by atoms with Gasteiger partial charge in [-0.2, -0.15) is 4.98 Å². The molecule has 0 aliphatic heterocycles. The van der Waals surface area contributed by atoms with Gasteiger partial charge in [0.2, 0.25) is 0 Å². The molecule has 4 nitrogen and oxygen atoms in total. The molecule has 31 heavy (non-hydrogen) atoms. The molecule has 2 aromatic rings. The Morgan fingerprint density at radius 3 is 1.97 bits per heavy atom. The predicted molar refractivity (Wildman–Crippen MR) is 133 cm³/mol. The highest BCUT2D eigenvalue weighted by Crippen LogP contribution is 2.25. The van der Waals surface area contributed by atoms with Gasteiger partial charge >= 0.3 is 11.7 Å². The SMILES string of the molecule is CCCCCCCCCCCCc1cc2c(=O)oc(OCCCCCCCC)nc2s1. The molecule has 0 saturated heterocycles. The predicted octanol–water partition coefficient (Wildman–Crippen LogP) is 8.45. The van der Waals surface area contributed by atoms with E-state index in [2.05, 4.69) is 18.8 Å². The highest BCUT2D eigenvalue weighted by molar-refractivity contribution is 7.18. The van der Waals surface area contributed by atoms with Crippen LogP contribution in [0.4, 0.5) is 0 Å². The average molecular weight is 450 g/mol. The van der Waals surface area contributed by atoms with E-state index in [9.17, 15) is 4.79 Å². The molecule has 2 rings (SSSR count). The molecule has 0 aliphatic rings. The van der Waals surface area contributed by atoms with Gasteiger partial charge in [-0.25, -0.2) is 4.79 Å². The third kappa shape index (κ3) is 10.7. The van der Waals surface area contributed by atoms with Gasteiger partial charge in [-0.15, -0.1) is 11.3 Å². The van der Waals surface area contributed by atoms with Crippen molar-refractivity contribution in [1.29, 1.82) is 0 Å². The summed E-state index contributed by atoms with van der Waals surface area (Å²) in [5.41, 5.74) is -0.325. The third-order valence-corrected chi connectivity index (χ3v) is 6.95. The number of aryl methyl sites for hydroxylation is 1. The fraction of sp³-hybridized carbons (Fsp3) is 0.769. The number of rotatable bonds is 19. The molecule has 0 N–H and O–H groups in total. The van der Waals surface area contributed by atoms with Crippen molar-refractivity contribution in [3.05, 3.63) is 21.4 Å². The van der Waals surface area contributed by atoms with E-state index in [0.29, 0.717) is 12.0 Å². The maximum atomic E-state index is 12.3. The molecule has 0 atom stereocenters. The van der Waals surface area contributed by atoms with Gasteiger partial charge in [-0.1, -0.05) is 104 Å². The van der Waals surface area contributed by atoms with Crippen LogP contribution in [0.2, 0.25) is 0 Å².